The van der Waals surface area contributed by atoms with Gasteiger partial charge in [-0.1, -0.05) is 18.2 Å². The molecule has 0 radical (unpaired) electrons. The van der Waals surface area contributed by atoms with E-state index >= 15 is 0 Å². The number of rotatable bonds is 5. The van der Waals surface area contributed by atoms with Crippen LogP contribution < -0.4 is 11.3 Å². The van der Waals surface area contributed by atoms with E-state index in [1.54, 1.807) is 11.3 Å². The summed E-state index contributed by atoms with van der Waals surface area (Å²) < 4.78 is 3.14. The fraction of sp³-hybridized carbons (Fsp3) is 0.267. The van der Waals surface area contributed by atoms with Gasteiger partial charge in [-0.15, -0.1) is 11.3 Å². The van der Waals surface area contributed by atoms with E-state index in [0.29, 0.717) is 0 Å². The van der Waals surface area contributed by atoms with Crippen molar-refractivity contribution in [3.05, 3.63) is 50.8 Å². The number of aryl methyl sites for hydroxylation is 1. The van der Waals surface area contributed by atoms with Crippen molar-refractivity contribution in [1.29, 1.82) is 0 Å². The largest absolute Gasteiger partial charge is 0.271 e. The van der Waals surface area contributed by atoms with Gasteiger partial charge in [0, 0.05) is 27.7 Å². The van der Waals surface area contributed by atoms with E-state index in [4.69, 9.17) is 10.9 Å². The first-order chi connectivity index (χ1) is 10.2. The number of aromatic nitrogens is 2. The summed E-state index contributed by atoms with van der Waals surface area (Å²) in [5.74, 6) is 5.77. The van der Waals surface area contributed by atoms with Crippen LogP contribution in [0.15, 0.2) is 40.2 Å². The van der Waals surface area contributed by atoms with Crippen LogP contribution in [-0.2, 0) is 13.0 Å². The van der Waals surface area contributed by atoms with Crippen LogP contribution in [0.2, 0.25) is 0 Å². The number of hydrogen-bond donors (Lipinski definition) is 2. The predicted octanol–water partition coefficient (Wildman–Crippen LogP) is 3.63. The maximum atomic E-state index is 5.77. The molecule has 0 fully saturated rings. The molecule has 0 amide bonds. The molecule has 1 atom stereocenters. The number of para-hydroxylation sites is 1. The lowest BCUT2D eigenvalue weighted by molar-refractivity contribution is 0.545. The Bertz CT molecular complexity index is 749. The maximum Gasteiger partial charge on any atom is 0.0723 e. The van der Waals surface area contributed by atoms with Gasteiger partial charge in [0.25, 0.3) is 0 Å². The molecule has 2 heterocycles. The SMILES string of the molecule is CCn1nc(CC(NN)c2sccc2Br)c2ccccc21. The minimum absolute atomic E-state index is 0.0583. The van der Waals surface area contributed by atoms with E-state index in [1.807, 2.05) is 10.7 Å². The van der Waals surface area contributed by atoms with Crippen LogP contribution in [0.1, 0.15) is 23.5 Å². The van der Waals surface area contributed by atoms with Gasteiger partial charge in [-0.3, -0.25) is 16.0 Å². The Morgan fingerprint density at radius 1 is 1.38 bits per heavy atom. The van der Waals surface area contributed by atoms with Crippen molar-refractivity contribution < 1.29 is 0 Å². The number of thiophene rings is 1. The van der Waals surface area contributed by atoms with Crippen molar-refractivity contribution in [3.8, 4) is 0 Å². The van der Waals surface area contributed by atoms with Crippen LogP contribution in [0, 0.1) is 0 Å². The molecule has 6 heteroatoms. The van der Waals surface area contributed by atoms with Crippen molar-refractivity contribution >= 4 is 38.2 Å². The fourth-order valence-corrected chi connectivity index (χ4v) is 4.27. The molecule has 0 aliphatic heterocycles. The molecule has 1 unspecified atom stereocenters. The molecular weight excluding hydrogens is 348 g/mol. The van der Waals surface area contributed by atoms with E-state index in [1.165, 1.54) is 15.8 Å². The Morgan fingerprint density at radius 3 is 2.86 bits per heavy atom. The molecule has 4 nitrogen and oxygen atoms in total. The van der Waals surface area contributed by atoms with Gasteiger partial charge in [0.15, 0.2) is 0 Å². The molecule has 0 saturated heterocycles. The quantitative estimate of drug-likeness (QED) is 0.536. The molecule has 2 aromatic heterocycles. The van der Waals surface area contributed by atoms with Gasteiger partial charge in [0.1, 0.15) is 0 Å². The first kappa shape index (κ1) is 14.7. The minimum atomic E-state index is 0.0583. The molecule has 1 aromatic carbocycles. The van der Waals surface area contributed by atoms with Gasteiger partial charge in [-0.2, -0.15) is 5.10 Å². The zero-order chi connectivity index (χ0) is 14.8. The summed E-state index contributed by atoms with van der Waals surface area (Å²) in [7, 11) is 0. The summed E-state index contributed by atoms with van der Waals surface area (Å²) in [4.78, 5) is 1.20. The zero-order valence-corrected chi connectivity index (χ0v) is 14.1. The summed E-state index contributed by atoms with van der Waals surface area (Å²) in [6.07, 6.45) is 0.767. The first-order valence-corrected chi connectivity index (χ1v) is 8.55. The van der Waals surface area contributed by atoms with E-state index in [0.717, 1.165) is 23.1 Å². The number of halogens is 1. The van der Waals surface area contributed by atoms with Gasteiger partial charge in [-0.05, 0) is 40.4 Å². The van der Waals surface area contributed by atoms with Gasteiger partial charge in [0.05, 0.1) is 17.3 Å². The predicted molar refractivity (Wildman–Crippen MR) is 91.2 cm³/mol. The Kier molecular flexibility index (Phi) is 4.40. The molecule has 110 valence electrons. The highest BCUT2D eigenvalue weighted by molar-refractivity contribution is 9.10. The molecule has 3 N–H and O–H groups in total. The molecule has 0 saturated carbocycles. The van der Waals surface area contributed by atoms with Gasteiger partial charge in [0.2, 0.25) is 0 Å². The highest BCUT2D eigenvalue weighted by atomic mass is 79.9. The molecule has 0 spiro atoms. The van der Waals surface area contributed by atoms with Crippen molar-refractivity contribution in [2.24, 2.45) is 5.84 Å². The van der Waals surface area contributed by atoms with E-state index < -0.39 is 0 Å². The molecule has 0 aliphatic rings. The Labute approximate surface area is 136 Å². The van der Waals surface area contributed by atoms with Crippen molar-refractivity contribution in [1.82, 2.24) is 15.2 Å². The number of benzene rings is 1. The summed E-state index contributed by atoms with van der Waals surface area (Å²) in [6.45, 7) is 2.97. The molecule has 0 aliphatic carbocycles. The fourth-order valence-electron chi connectivity index (χ4n) is 2.56. The van der Waals surface area contributed by atoms with Gasteiger partial charge >= 0.3 is 0 Å². The Balaban J connectivity index is 1.99. The molecule has 3 rings (SSSR count). The van der Waals surface area contributed by atoms with Gasteiger partial charge < -0.3 is 0 Å². The number of nitrogens with one attached hydrogen (secondary N) is 1. The van der Waals surface area contributed by atoms with E-state index in [9.17, 15) is 0 Å². The number of nitrogens with two attached hydrogens (primary N) is 1. The van der Waals surface area contributed by atoms with E-state index in [-0.39, 0.29) is 6.04 Å². The third-order valence-electron chi connectivity index (χ3n) is 3.59. The summed E-state index contributed by atoms with van der Waals surface area (Å²) in [5.41, 5.74) is 5.17. The minimum Gasteiger partial charge on any atom is -0.271 e. The third-order valence-corrected chi connectivity index (χ3v) is 5.58. The number of hydrogen-bond acceptors (Lipinski definition) is 4. The maximum absolute atomic E-state index is 5.77. The standard InChI is InChI=1S/C15H17BrN4S/c1-2-20-14-6-4-3-5-10(14)12(19-20)9-13(18-17)15-11(16)7-8-21-15/h3-8,13,18H,2,9,17H2,1H3. The van der Waals surface area contributed by atoms with Gasteiger partial charge in [-0.25, -0.2) is 0 Å². The van der Waals surface area contributed by atoms with Crippen LogP contribution in [-0.4, -0.2) is 9.78 Å². The van der Waals surface area contributed by atoms with Crippen LogP contribution in [0.3, 0.4) is 0 Å². The molecule has 21 heavy (non-hydrogen) atoms. The van der Waals surface area contributed by atoms with E-state index in [2.05, 4.69) is 57.9 Å². The van der Waals surface area contributed by atoms with Crippen molar-refractivity contribution in [2.75, 3.05) is 0 Å². The Morgan fingerprint density at radius 2 is 2.19 bits per heavy atom. The lowest BCUT2D eigenvalue weighted by Crippen LogP contribution is -2.29. The molecule has 0 bridgehead atoms. The summed E-state index contributed by atoms with van der Waals surface area (Å²) in [5, 5.41) is 8.01. The van der Waals surface area contributed by atoms with Crippen LogP contribution in [0.25, 0.3) is 10.9 Å². The number of fused-ring (bicyclic) bond motifs is 1. The number of nitrogens with zero attached hydrogens (tertiary/aromatic N) is 2. The lowest BCUT2D eigenvalue weighted by atomic mass is 10.1. The zero-order valence-electron chi connectivity index (χ0n) is 11.7. The third kappa shape index (κ3) is 2.76. The van der Waals surface area contributed by atoms with Crippen LogP contribution in [0.4, 0.5) is 0 Å². The second kappa shape index (κ2) is 6.27. The normalized spacial score (nSPS) is 12.9. The number of hydrazine groups is 1. The smallest absolute Gasteiger partial charge is 0.0723 e. The average molecular weight is 365 g/mol. The monoisotopic (exact) mass is 364 g/mol. The topological polar surface area (TPSA) is 55.9 Å². The second-order valence-electron chi connectivity index (χ2n) is 4.84. The van der Waals surface area contributed by atoms with Crippen molar-refractivity contribution in [3.63, 3.8) is 0 Å². The summed E-state index contributed by atoms with van der Waals surface area (Å²) >= 11 is 5.27. The van der Waals surface area contributed by atoms with Crippen LogP contribution in [0.5, 0.6) is 0 Å². The van der Waals surface area contributed by atoms with Crippen LogP contribution >= 0.6 is 27.3 Å². The first-order valence-electron chi connectivity index (χ1n) is 6.88. The average Bonchev–Trinajstić information content (AvgIpc) is 3.09. The highest BCUT2D eigenvalue weighted by Crippen LogP contribution is 2.32. The second-order valence-corrected chi connectivity index (χ2v) is 6.64. The lowest BCUT2D eigenvalue weighted by Gasteiger charge is -2.13. The molecular formula is C15H17BrN4S. The van der Waals surface area contributed by atoms with Crippen molar-refractivity contribution in [2.45, 2.75) is 25.9 Å². The highest BCUT2D eigenvalue weighted by Gasteiger charge is 2.19. The summed E-state index contributed by atoms with van der Waals surface area (Å²) in [6, 6.07) is 10.5. The Hall–Kier alpha value is -1.21. The molecule has 3 aromatic rings.